The third-order valence-electron chi connectivity index (χ3n) is 3.27. The highest BCUT2D eigenvalue weighted by Crippen LogP contribution is 2.19. The van der Waals surface area contributed by atoms with E-state index >= 15 is 0 Å². The molecule has 0 radical (unpaired) electrons. The summed E-state index contributed by atoms with van der Waals surface area (Å²) in [6.45, 7) is 16.5. The third-order valence-corrected chi connectivity index (χ3v) is 3.27. The van der Waals surface area contributed by atoms with Crippen LogP contribution in [0.3, 0.4) is 0 Å². The quantitative estimate of drug-likeness (QED) is 0.772. The molecule has 15 heavy (non-hydrogen) atoms. The van der Waals surface area contributed by atoms with E-state index in [1.54, 1.807) is 0 Å². The van der Waals surface area contributed by atoms with E-state index < -0.39 is 0 Å². The number of nitrogens with zero attached hydrogens (tertiary/aromatic N) is 1. The highest BCUT2D eigenvalue weighted by molar-refractivity contribution is 4.81. The van der Waals surface area contributed by atoms with Crippen molar-refractivity contribution < 1.29 is 0 Å². The molecule has 0 saturated carbocycles. The largest absolute Gasteiger partial charge is 0.311 e. The first-order valence-corrected chi connectivity index (χ1v) is 6.34. The predicted octanol–water partition coefficient (Wildman–Crippen LogP) is 2.35. The summed E-state index contributed by atoms with van der Waals surface area (Å²) < 4.78 is 0. The average Bonchev–Trinajstić information content (AvgIpc) is 2.14. The molecule has 90 valence electrons. The molecule has 1 aliphatic heterocycles. The lowest BCUT2D eigenvalue weighted by atomic mass is 9.91. The Morgan fingerprint density at radius 2 is 2.00 bits per heavy atom. The SMILES string of the molecule is CC(C)C1CN(CCC(C)(C)C)CCN1. The minimum Gasteiger partial charge on any atom is -0.311 e. The normalized spacial score (nSPS) is 24.8. The van der Waals surface area contributed by atoms with Crippen LogP contribution in [0.25, 0.3) is 0 Å². The van der Waals surface area contributed by atoms with E-state index in [0.29, 0.717) is 11.5 Å². The number of piperazine rings is 1. The number of hydrogen-bond acceptors (Lipinski definition) is 2. The van der Waals surface area contributed by atoms with E-state index in [1.807, 2.05) is 0 Å². The van der Waals surface area contributed by atoms with Crippen molar-refractivity contribution in [3.05, 3.63) is 0 Å². The summed E-state index contributed by atoms with van der Waals surface area (Å²) in [6.07, 6.45) is 1.30. The van der Waals surface area contributed by atoms with Crippen LogP contribution in [-0.2, 0) is 0 Å². The lowest BCUT2D eigenvalue weighted by molar-refractivity contribution is 0.156. The second kappa shape index (κ2) is 5.31. The van der Waals surface area contributed by atoms with Crippen LogP contribution in [-0.4, -0.2) is 37.1 Å². The molecule has 0 spiro atoms. The molecule has 1 saturated heterocycles. The van der Waals surface area contributed by atoms with Gasteiger partial charge in [-0.25, -0.2) is 0 Å². The molecule has 1 rings (SSSR count). The number of hydrogen-bond donors (Lipinski definition) is 1. The van der Waals surface area contributed by atoms with Crippen molar-refractivity contribution in [1.29, 1.82) is 0 Å². The fraction of sp³-hybridized carbons (Fsp3) is 1.00. The molecular formula is C13H28N2. The Hall–Kier alpha value is -0.0800. The zero-order chi connectivity index (χ0) is 11.5. The molecule has 1 heterocycles. The van der Waals surface area contributed by atoms with Gasteiger partial charge < -0.3 is 10.2 Å². The molecule has 0 amide bonds. The van der Waals surface area contributed by atoms with Crippen molar-refractivity contribution in [2.75, 3.05) is 26.2 Å². The van der Waals surface area contributed by atoms with Gasteiger partial charge in [-0.2, -0.15) is 0 Å². The van der Waals surface area contributed by atoms with E-state index in [4.69, 9.17) is 0 Å². The summed E-state index contributed by atoms with van der Waals surface area (Å²) in [5, 5.41) is 3.60. The summed E-state index contributed by atoms with van der Waals surface area (Å²) in [7, 11) is 0. The molecular weight excluding hydrogens is 184 g/mol. The number of nitrogens with one attached hydrogen (secondary N) is 1. The monoisotopic (exact) mass is 212 g/mol. The van der Waals surface area contributed by atoms with Crippen molar-refractivity contribution >= 4 is 0 Å². The Bertz CT molecular complexity index is 181. The average molecular weight is 212 g/mol. The second-order valence-corrected chi connectivity index (χ2v) is 6.42. The molecule has 1 N–H and O–H groups in total. The minimum absolute atomic E-state index is 0.470. The standard InChI is InChI=1S/C13H28N2/c1-11(2)12-10-15(9-7-14-12)8-6-13(3,4)5/h11-12,14H,6-10H2,1-5H3. The Morgan fingerprint density at radius 1 is 1.33 bits per heavy atom. The maximum atomic E-state index is 3.60. The van der Waals surface area contributed by atoms with Gasteiger partial charge >= 0.3 is 0 Å². The van der Waals surface area contributed by atoms with Crippen LogP contribution in [0, 0.1) is 11.3 Å². The zero-order valence-corrected chi connectivity index (χ0v) is 11.1. The minimum atomic E-state index is 0.470. The summed E-state index contributed by atoms with van der Waals surface area (Å²) in [4.78, 5) is 2.62. The van der Waals surface area contributed by atoms with Gasteiger partial charge in [0.05, 0.1) is 0 Å². The molecule has 1 unspecified atom stereocenters. The maximum Gasteiger partial charge on any atom is 0.0218 e. The van der Waals surface area contributed by atoms with Gasteiger partial charge in [0.15, 0.2) is 0 Å². The van der Waals surface area contributed by atoms with E-state index in [0.717, 1.165) is 12.5 Å². The summed E-state index contributed by atoms with van der Waals surface area (Å²) in [5.74, 6) is 0.752. The van der Waals surface area contributed by atoms with Crippen LogP contribution in [0.5, 0.6) is 0 Å². The van der Waals surface area contributed by atoms with Crippen molar-refractivity contribution in [3.63, 3.8) is 0 Å². The molecule has 2 heteroatoms. The smallest absolute Gasteiger partial charge is 0.0218 e. The Balaban J connectivity index is 2.30. The van der Waals surface area contributed by atoms with Gasteiger partial charge in [0.25, 0.3) is 0 Å². The van der Waals surface area contributed by atoms with Gasteiger partial charge in [-0.1, -0.05) is 34.6 Å². The fourth-order valence-electron chi connectivity index (χ4n) is 1.99. The van der Waals surface area contributed by atoms with Crippen LogP contribution < -0.4 is 5.32 Å². The molecule has 0 aromatic carbocycles. The van der Waals surface area contributed by atoms with Crippen LogP contribution in [0.1, 0.15) is 41.0 Å². The van der Waals surface area contributed by atoms with Crippen LogP contribution in [0.2, 0.25) is 0 Å². The molecule has 2 nitrogen and oxygen atoms in total. The summed E-state index contributed by atoms with van der Waals surface area (Å²) in [5.41, 5.74) is 0.470. The first-order chi connectivity index (χ1) is 6.88. The van der Waals surface area contributed by atoms with Gasteiger partial charge in [-0.3, -0.25) is 0 Å². The van der Waals surface area contributed by atoms with E-state index in [9.17, 15) is 0 Å². The van der Waals surface area contributed by atoms with E-state index in [1.165, 1.54) is 26.1 Å². The topological polar surface area (TPSA) is 15.3 Å². The summed E-state index contributed by atoms with van der Waals surface area (Å²) >= 11 is 0. The van der Waals surface area contributed by atoms with Crippen molar-refractivity contribution in [3.8, 4) is 0 Å². The van der Waals surface area contributed by atoms with Crippen molar-refractivity contribution in [2.45, 2.75) is 47.1 Å². The van der Waals surface area contributed by atoms with Gasteiger partial charge in [0.1, 0.15) is 0 Å². The van der Waals surface area contributed by atoms with Gasteiger partial charge in [-0.15, -0.1) is 0 Å². The van der Waals surface area contributed by atoms with Crippen molar-refractivity contribution in [2.24, 2.45) is 11.3 Å². The Labute approximate surface area is 95.4 Å². The third kappa shape index (κ3) is 4.98. The molecule has 1 atom stereocenters. The number of rotatable bonds is 3. The van der Waals surface area contributed by atoms with Gasteiger partial charge in [0, 0.05) is 25.7 Å². The van der Waals surface area contributed by atoms with Crippen LogP contribution >= 0.6 is 0 Å². The second-order valence-electron chi connectivity index (χ2n) is 6.42. The Morgan fingerprint density at radius 3 is 2.53 bits per heavy atom. The highest BCUT2D eigenvalue weighted by Gasteiger charge is 2.22. The van der Waals surface area contributed by atoms with Crippen LogP contribution in [0.4, 0.5) is 0 Å². The molecule has 1 aliphatic rings. The predicted molar refractivity (Wildman–Crippen MR) is 67.1 cm³/mol. The molecule has 1 fully saturated rings. The Kier molecular flexibility index (Phi) is 4.60. The van der Waals surface area contributed by atoms with E-state index in [2.05, 4.69) is 44.8 Å². The molecule has 0 bridgehead atoms. The zero-order valence-electron chi connectivity index (χ0n) is 11.1. The van der Waals surface area contributed by atoms with Crippen LogP contribution in [0.15, 0.2) is 0 Å². The highest BCUT2D eigenvalue weighted by atomic mass is 15.2. The fourth-order valence-corrected chi connectivity index (χ4v) is 1.99. The lowest BCUT2D eigenvalue weighted by Crippen LogP contribution is -2.53. The van der Waals surface area contributed by atoms with Crippen molar-refractivity contribution in [1.82, 2.24) is 10.2 Å². The molecule has 0 aliphatic carbocycles. The molecule has 0 aromatic rings. The first-order valence-electron chi connectivity index (χ1n) is 6.34. The van der Waals surface area contributed by atoms with E-state index in [-0.39, 0.29) is 0 Å². The maximum absolute atomic E-state index is 3.60. The molecule has 0 aromatic heterocycles. The summed E-state index contributed by atoms with van der Waals surface area (Å²) in [6, 6.07) is 0.693. The van der Waals surface area contributed by atoms with Gasteiger partial charge in [0.2, 0.25) is 0 Å². The first kappa shape index (κ1) is 13.0. The van der Waals surface area contributed by atoms with Gasteiger partial charge in [-0.05, 0) is 24.3 Å². The lowest BCUT2D eigenvalue weighted by Gasteiger charge is -2.36.